The zero-order valence-electron chi connectivity index (χ0n) is 16.8. The van der Waals surface area contributed by atoms with E-state index in [-0.39, 0.29) is 24.0 Å². The first-order valence-corrected chi connectivity index (χ1v) is 10.5. The average Bonchev–Trinajstić information content (AvgIpc) is 2.96. The third-order valence-electron chi connectivity index (χ3n) is 4.84. The molecule has 0 saturated carbocycles. The Kier molecular flexibility index (Phi) is 7.05. The van der Waals surface area contributed by atoms with Gasteiger partial charge >= 0.3 is 0 Å². The van der Waals surface area contributed by atoms with Gasteiger partial charge in [0.2, 0.25) is 0 Å². The Balaban J connectivity index is 2.01. The molecule has 3 rings (SSSR count). The molecule has 2 aromatic carbocycles. The summed E-state index contributed by atoms with van der Waals surface area (Å²) in [6, 6.07) is 11.6. The molecule has 1 heterocycles. The van der Waals surface area contributed by atoms with Crippen molar-refractivity contribution in [1.29, 1.82) is 0 Å². The highest BCUT2D eigenvalue weighted by molar-refractivity contribution is 9.10. The first kappa shape index (κ1) is 22.2. The number of aliphatic hydroxyl groups is 1. The second kappa shape index (κ2) is 9.53. The molecule has 0 bridgehead atoms. The largest absolute Gasteiger partial charge is 0.507 e. The van der Waals surface area contributed by atoms with E-state index >= 15 is 0 Å². The van der Waals surface area contributed by atoms with Crippen molar-refractivity contribution in [2.75, 3.05) is 13.2 Å². The van der Waals surface area contributed by atoms with Crippen LogP contribution >= 0.6 is 15.9 Å². The van der Waals surface area contributed by atoms with E-state index in [1.807, 2.05) is 13.8 Å². The molecule has 0 spiro atoms. The minimum Gasteiger partial charge on any atom is -0.507 e. The van der Waals surface area contributed by atoms with E-state index in [1.165, 1.54) is 29.2 Å². The second-order valence-electron chi connectivity index (χ2n) is 7.32. The quantitative estimate of drug-likeness (QED) is 0.269. The summed E-state index contributed by atoms with van der Waals surface area (Å²) in [5.74, 6) is -2.12. The molecular weight excluding hydrogens is 453 g/mol. The molecule has 1 atom stereocenters. The summed E-state index contributed by atoms with van der Waals surface area (Å²) in [6.07, 6.45) is 0.590. The number of benzene rings is 2. The minimum absolute atomic E-state index is 0.00120. The van der Waals surface area contributed by atoms with Crippen molar-refractivity contribution < 1.29 is 23.8 Å². The Bertz CT molecular complexity index is 954. The van der Waals surface area contributed by atoms with E-state index < -0.39 is 23.5 Å². The summed E-state index contributed by atoms with van der Waals surface area (Å²) in [5, 5.41) is 10.9. The van der Waals surface area contributed by atoms with Crippen molar-refractivity contribution in [2.45, 2.75) is 32.4 Å². The van der Waals surface area contributed by atoms with Gasteiger partial charge in [-0.25, -0.2) is 4.39 Å². The van der Waals surface area contributed by atoms with Gasteiger partial charge in [-0.3, -0.25) is 9.59 Å². The maximum Gasteiger partial charge on any atom is 0.295 e. The molecule has 7 heteroatoms. The number of rotatable bonds is 7. The van der Waals surface area contributed by atoms with E-state index in [4.69, 9.17) is 4.74 Å². The van der Waals surface area contributed by atoms with Crippen LogP contribution in [0.3, 0.4) is 0 Å². The molecule has 0 aromatic heterocycles. The number of hydrogen-bond donors (Lipinski definition) is 1. The zero-order chi connectivity index (χ0) is 21.8. The van der Waals surface area contributed by atoms with E-state index in [0.717, 1.165) is 4.47 Å². The van der Waals surface area contributed by atoms with Crippen LogP contribution in [0.5, 0.6) is 0 Å². The summed E-state index contributed by atoms with van der Waals surface area (Å²) < 4.78 is 19.8. The lowest BCUT2D eigenvalue weighted by Gasteiger charge is -2.25. The third kappa shape index (κ3) is 4.79. The number of amides is 1. The zero-order valence-corrected chi connectivity index (χ0v) is 18.4. The van der Waals surface area contributed by atoms with Gasteiger partial charge in [0.25, 0.3) is 11.7 Å². The van der Waals surface area contributed by atoms with Gasteiger partial charge in [0.15, 0.2) is 0 Å². The number of aliphatic hydroxyl groups excluding tert-OH is 1. The highest BCUT2D eigenvalue weighted by Crippen LogP contribution is 2.39. The van der Waals surface area contributed by atoms with Gasteiger partial charge in [-0.05, 0) is 50.1 Å². The fourth-order valence-corrected chi connectivity index (χ4v) is 3.68. The van der Waals surface area contributed by atoms with Crippen LogP contribution in [0.4, 0.5) is 4.39 Å². The summed E-state index contributed by atoms with van der Waals surface area (Å²) in [5.41, 5.74) is 0.976. The molecule has 1 fully saturated rings. The molecule has 0 aliphatic carbocycles. The summed E-state index contributed by atoms with van der Waals surface area (Å²) in [7, 11) is 0. The topological polar surface area (TPSA) is 66.8 Å². The predicted octanol–water partition coefficient (Wildman–Crippen LogP) is 4.83. The van der Waals surface area contributed by atoms with Crippen molar-refractivity contribution in [3.63, 3.8) is 0 Å². The smallest absolute Gasteiger partial charge is 0.295 e. The SMILES string of the molecule is CC(C)OCCCN1C(=O)C(=O)/C(=C(\O)c2ccc(Br)cc2)C1c1ccc(F)cc1. The molecule has 1 unspecified atom stereocenters. The molecule has 5 nitrogen and oxygen atoms in total. The van der Waals surface area contributed by atoms with Crippen LogP contribution in [0.15, 0.2) is 58.6 Å². The number of Topliss-reactive ketones (excluding diaryl/α,β-unsaturated/α-hetero) is 1. The van der Waals surface area contributed by atoms with E-state index in [1.54, 1.807) is 24.3 Å². The van der Waals surface area contributed by atoms with Crippen molar-refractivity contribution in [3.05, 3.63) is 75.5 Å². The first-order valence-electron chi connectivity index (χ1n) is 9.71. The summed E-state index contributed by atoms with van der Waals surface area (Å²) >= 11 is 3.34. The molecule has 1 saturated heterocycles. The van der Waals surface area contributed by atoms with Gasteiger partial charge in [-0.2, -0.15) is 0 Å². The molecule has 1 N–H and O–H groups in total. The maximum absolute atomic E-state index is 13.5. The second-order valence-corrected chi connectivity index (χ2v) is 8.24. The van der Waals surface area contributed by atoms with Gasteiger partial charge < -0.3 is 14.7 Å². The Labute approximate surface area is 183 Å². The summed E-state index contributed by atoms with van der Waals surface area (Å²) in [6.45, 7) is 4.55. The Morgan fingerprint density at radius 3 is 2.37 bits per heavy atom. The van der Waals surface area contributed by atoms with Crippen LogP contribution < -0.4 is 0 Å². The van der Waals surface area contributed by atoms with Crippen molar-refractivity contribution in [3.8, 4) is 0 Å². The van der Waals surface area contributed by atoms with Crippen LogP contribution in [-0.2, 0) is 14.3 Å². The van der Waals surface area contributed by atoms with Crippen LogP contribution in [0.25, 0.3) is 5.76 Å². The summed E-state index contributed by atoms with van der Waals surface area (Å²) in [4.78, 5) is 27.1. The number of carbonyl (C=O) groups is 2. The molecule has 158 valence electrons. The number of likely N-dealkylation sites (tertiary alicyclic amines) is 1. The number of halogens is 2. The monoisotopic (exact) mass is 475 g/mol. The lowest BCUT2D eigenvalue weighted by molar-refractivity contribution is -0.140. The molecule has 30 heavy (non-hydrogen) atoms. The molecule has 1 aliphatic heterocycles. The minimum atomic E-state index is -0.798. The molecule has 1 aliphatic rings. The average molecular weight is 476 g/mol. The molecule has 1 amide bonds. The number of nitrogens with zero attached hydrogens (tertiary/aromatic N) is 1. The van der Waals surface area contributed by atoms with Gasteiger partial charge in [-0.1, -0.05) is 40.2 Å². The highest BCUT2D eigenvalue weighted by Gasteiger charge is 2.45. The Morgan fingerprint density at radius 2 is 1.77 bits per heavy atom. The van der Waals surface area contributed by atoms with Crippen LogP contribution in [0, 0.1) is 5.82 Å². The third-order valence-corrected chi connectivity index (χ3v) is 5.37. The Hall–Kier alpha value is -2.51. The van der Waals surface area contributed by atoms with E-state index in [0.29, 0.717) is 24.2 Å². The number of hydrogen-bond acceptors (Lipinski definition) is 4. The van der Waals surface area contributed by atoms with Crippen molar-refractivity contribution in [1.82, 2.24) is 4.90 Å². The van der Waals surface area contributed by atoms with Crippen molar-refractivity contribution >= 4 is 33.4 Å². The van der Waals surface area contributed by atoms with Crippen LogP contribution in [-0.4, -0.2) is 41.0 Å². The number of ketones is 1. The fourth-order valence-electron chi connectivity index (χ4n) is 3.42. The molecule has 0 radical (unpaired) electrons. The van der Waals surface area contributed by atoms with E-state index in [2.05, 4.69) is 15.9 Å². The van der Waals surface area contributed by atoms with Gasteiger partial charge in [0.1, 0.15) is 11.6 Å². The Morgan fingerprint density at radius 1 is 1.13 bits per heavy atom. The lowest BCUT2D eigenvalue weighted by atomic mass is 9.95. The standard InChI is InChI=1S/C23H23BrFNO4/c1-14(2)30-13-3-12-26-20(15-6-10-18(25)11-7-15)19(22(28)23(26)29)21(27)16-4-8-17(24)9-5-16/h4-11,14,20,27H,3,12-13H2,1-2H3/b21-19-. The lowest BCUT2D eigenvalue weighted by Crippen LogP contribution is -2.31. The predicted molar refractivity (Wildman–Crippen MR) is 115 cm³/mol. The number of carbonyl (C=O) groups excluding carboxylic acids is 2. The van der Waals surface area contributed by atoms with Crippen LogP contribution in [0.2, 0.25) is 0 Å². The highest BCUT2D eigenvalue weighted by atomic mass is 79.9. The van der Waals surface area contributed by atoms with Gasteiger partial charge in [0.05, 0.1) is 17.7 Å². The number of ether oxygens (including phenoxy) is 1. The first-order chi connectivity index (χ1) is 14.3. The van der Waals surface area contributed by atoms with E-state index in [9.17, 15) is 19.1 Å². The molecule has 2 aromatic rings. The van der Waals surface area contributed by atoms with Gasteiger partial charge in [0, 0.05) is 23.2 Å². The van der Waals surface area contributed by atoms with Crippen molar-refractivity contribution in [2.24, 2.45) is 0 Å². The maximum atomic E-state index is 13.5. The fraction of sp³-hybridized carbons (Fsp3) is 0.304. The normalized spacial score (nSPS) is 18.4. The molecular formula is C23H23BrFNO4. The van der Waals surface area contributed by atoms with Crippen LogP contribution in [0.1, 0.15) is 37.4 Å². The van der Waals surface area contributed by atoms with Gasteiger partial charge in [-0.15, -0.1) is 0 Å².